The van der Waals surface area contributed by atoms with Crippen LogP contribution in [0.15, 0.2) is 70.1 Å². The number of carbonyl (C=O) groups is 1. The van der Waals surface area contributed by atoms with E-state index >= 15 is 0 Å². The van der Waals surface area contributed by atoms with Crippen LogP contribution in [-0.4, -0.2) is 5.97 Å². The number of carbonyl (C=O) groups excluding carboxylic acids is 1. The summed E-state index contributed by atoms with van der Waals surface area (Å²) in [4.78, 5) is 25.2. The van der Waals surface area contributed by atoms with E-state index in [0.717, 1.165) is 16.7 Å². The monoisotopic (exact) mass is 434 g/mol. The fourth-order valence-corrected chi connectivity index (χ4v) is 3.36. The van der Waals surface area contributed by atoms with E-state index in [1.165, 1.54) is 12.3 Å². The topological polar surface area (TPSA) is 65.7 Å². The molecule has 0 aliphatic heterocycles. The Morgan fingerprint density at radius 3 is 2.39 bits per heavy atom. The van der Waals surface area contributed by atoms with Crippen LogP contribution >= 0.6 is 11.6 Å². The molecule has 31 heavy (non-hydrogen) atoms. The first kappa shape index (κ1) is 20.7. The highest BCUT2D eigenvalue weighted by Gasteiger charge is 2.14. The molecule has 156 valence electrons. The normalized spacial score (nSPS) is 10.8. The van der Waals surface area contributed by atoms with Crippen LogP contribution in [0.3, 0.4) is 0 Å². The summed E-state index contributed by atoms with van der Waals surface area (Å²) in [6, 6.07) is 15.2. The number of esters is 1. The zero-order valence-electron chi connectivity index (χ0n) is 17.2. The van der Waals surface area contributed by atoms with Gasteiger partial charge in [0.1, 0.15) is 23.3 Å². The van der Waals surface area contributed by atoms with Gasteiger partial charge in [0.05, 0.1) is 10.9 Å². The van der Waals surface area contributed by atoms with Gasteiger partial charge in [0, 0.05) is 11.1 Å². The smallest absolute Gasteiger partial charge is 0.343 e. The van der Waals surface area contributed by atoms with Crippen LogP contribution in [-0.2, 0) is 0 Å². The number of hydrogen-bond acceptors (Lipinski definition) is 5. The zero-order chi connectivity index (χ0) is 22.1. The molecule has 6 heteroatoms. The van der Waals surface area contributed by atoms with Crippen LogP contribution in [0, 0.1) is 20.8 Å². The summed E-state index contributed by atoms with van der Waals surface area (Å²) in [6.45, 7) is 5.63. The minimum atomic E-state index is -0.487. The molecule has 4 rings (SSSR count). The fourth-order valence-electron chi connectivity index (χ4n) is 3.25. The van der Waals surface area contributed by atoms with Crippen molar-refractivity contribution in [3.63, 3.8) is 0 Å². The molecule has 0 atom stereocenters. The molecule has 0 aliphatic carbocycles. The molecule has 0 fully saturated rings. The number of halogens is 1. The maximum absolute atomic E-state index is 12.8. The molecule has 0 N–H and O–H groups in total. The Labute approximate surface area is 183 Å². The lowest BCUT2D eigenvalue weighted by atomic mass is 10.1. The Kier molecular flexibility index (Phi) is 5.53. The second-order valence-corrected chi connectivity index (χ2v) is 7.70. The number of hydrogen-bond donors (Lipinski definition) is 0. The first-order chi connectivity index (χ1) is 14.8. The SMILES string of the molecule is Cc1cccc(C(=O)Oc2ccc3c(=O)c(Oc4cc(C)c(Cl)c(C)c4)coc3c2)c1. The van der Waals surface area contributed by atoms with Gasteiger partial charge in [-0.3, -0.25) is 4.79 Å². The van der Waals surface area contributed by atoms with Crippen LogP contribution in [0.4, 0.5) is 0 Å². The van der Waals surface area contributed by atoms with Crippen LogP contribution < -0.4 is 14.9 Å². The first-order valence-electron chi connectivity index (χ1n) is 9.61. The maximum atomic E-state index is 12.8. The molecular weight excluding hydrogens is 416 g/mol. The van der Waals surface area contributed by atoms with Crippen molar-refractivity contribution >= 4 is 28.5 Å². The van der Waals surface area contributed by atoms with Crippen molar-refractivity contribution < 1.29 is 18.7 Å². The highest BCUT2D eigenvalue weighted by molar-refractivity contribution is 6.32. The Morgan fingerprint density at radius 1 is 0.935 bits per heavy atom. The summed E-state index contributed by atoms with van der Waals surface area (Å²) in [7, 11) is 0. The van der Waals surface area contributed by atoms with E-state index in [2.05, 4.69) is 0 Å². The lowest BCUT2D eigenvalue weighted by molar-refractivity contribution is 0.0735. The lowest BCUT2D eigenvalue weighted by Gasteiger charge is -2.10. The van der Waals surface area contributed by atoms with E-state index in [0.29, 0.717) is 21.7 Å². The van der Waals surface area contributed by atoms with Crippen LogP contribution in [0.1, 0.15) is 27.0 Å². The summed E-state index contributed by atoms with van der Waals surface area (Å²) in [6.07, 6.45) is 1.25. The van der Waals surface area contributed by atoms with Crippen molar-refractivity contribution in [2.45, 2.75) is 20.8 Å². The summed E-state index contributed by atoms with van der Waals surface area (Å²) < 4.78 is 16.8. The van der Waals surface area contributed by atoms with Crippen LogP contribution in [0.25, 0.3) is 11.0 Å². The van der Waals surface area contributed by atoms with Gasteiger partial charge in [0.25, 0.3) is 0 Å². The van der Waals surface area contributed by atoms with Crippen molar-refractivity contribution in [3.8, 4) is 17.2 Å². The molecule has 0 unspecified atom stereocenters. The molecule has 0 spiro atoms. The molecule has 0 saturated heterocycles. The van der Waals surface area contributed by atoms with E-state index in [1.54, 1.807) is 42.5 Å². The molecule has 0 radical (unpaired) electrons. The lowest BCUT2D eigenvalue weighted by Crippen LogP contribution is -2.09. The van der Waals surface area contributed by atoms with E-state index in [4.69, 9.17) is 25.5 Å². The van der Waals surface area contributed by atoms with Crippen molar-refractivity contribution in [2.75, 3.05) is 0 Å². The second-order valence-electron chi connectivity index (χ2n) is 7.32. The van der Waals surface area contributed by atoms with E-state index in [9.17, 15) is 9.59 Å². The van der Waals surface area contributed by atoms with E-state index in [-0.39, 0.29) is 22.5 Å². The van der Waals surface area contributed by atoms with Gasteiger partial charge in [-0.05, 0) is 68.3 Å². The molecule has 0 bridgehead atoms. The number of rotatable bonds is 4. The van der Waals surface area contributed by atoms with Crippen molar-refractivity contribution in [1.82, 2.24) is 0 Å². The van der Waals surface area contributed by atoms with Gasteiger partial charge in [-0.2, -0.15) is 0 Å². The van der Waals surface area contributed by atoms with Gasteiger partial charge in [-0.15, -0.1) is 0 Å². The summed E-state index contributed by atoms with van der Waals surface area (Å²) in [5, 5.41) is 0.973. The number of fused-ring (bicyclic) bond motifs is 1. The predicted molar refractivity (Wildman–Crippen MR) is 120 cm³/mol. The summed E-state index contributed by atoms with van der Waals surface area (Å²) in [5.41, 5.74) is 3.05. The van der Waals surface area contributed by atoms with Gasteiger partial charge < -0.3 is 13.9 Å². The maximum Gasteiger partial charge on any atom is 0.343 e. The van der Waals surface area contributed by atoms with Crippen molar-refractivity contribution in [2.24, 2.45) is 0 Å². The molecule has 5 nitrogen and oxygen atoms in total. The zero-order valence-corrected chi connectivity index (χ0v) is 17.9. The molecule has 0 amide bonds. The summed E-state index contributed by atoms with van der Waals surface area (Å²) in [5.74, 6) is 0.339. The molecule has 1 heterocycles. The van der Waals surface area contributed by atoms with Gasteiger partial charge in [-0.25, -0.2) is 4.79 Å². The van der Waals surface area contributed by atoms with Gasteiger partial charge in [0.15, 0.2) is 0 Å². The third kappa shape index (κ3) is 4.32. The van der Waals surface area contributed by atoms with E-state index in [1.807, 2.05) is 26.8 Å². The number of ether oxygens (including phenoxy) is 2. The predicted octanol–water partition coefficient (Wildman–Crippen LogP) is 6.38. The number of aryl methyl sites for hydroxylation is 3. The summed E-state index contributed by atoms with van der Waals surface area (Å²) >= 11 is 6.19. The average molecular weight is 435 g/mol. The largest absolute Gasteiger partial charge is 0.460 e. The molecule has 1 aromatic heterocycles. The van der Waals surface area contributed by atoms with Crippen LogP contribution in [0.5, 0.6) is 17.2 Å². The highest BCUT2D eigenvalue weighted by Crippen LogP contribution is 2.29. The minimum absolute atomic E-state index is 0.0538. The molecule has 4 aromatic rings. The van der Waals surface area contributed by atoms with Crippen molar-refractivity contribution in [1.29, 1.82) is 0 Å². The third-order valence-corrected chi connectivity index (χ3v) is 5.41. The Bertz CT molecular complexity index is 1350. The molecular formula is C25H19ClO5. The number of benzene rings is 3. The molecule has 0 aliphatic rings. The van der Waals surface area contributed by atoms with E-state index < -0.39 is 5.97 Å². The Morgan fingerprint density at radius 2 is 1.68 bits per heavy atom. The Hall–Kier alpha value is -3.57. The highest BCUT2D eigenvalue weighted by atomic mass is 35.5. The average Bonchev–Trinajstić information content (AvgIpc) is 2.74. The fraction of sp³-hybridized carbons (Fsp3) is 0.120. The van der Waals surface area contributed by atoms with Crippen LogP contribution in [0.2, 0.25) is 5.02 Å². The second kappa shape index (κ2) is 8.28. The third-order valence-electron chi connectivity index (χ3n) is 4.82. The molecule has 0 saturated carbocycles. The van der Waals surface area contributed by atoms with Crippen molar-refractivity contribution in [3.05, 3.63) is 98.4 Å². The minimum Gasteiger partial charge on any atom is -0.460 e. The van der Waals surface area contributed by atoms with Gasteiger partial charge in [-0.1, -0.05) is 29.3 Å². The quantitative estimate of drug-likeness (QED) is 0.275. The first-order valence-corrected chi connectivity index (χ1v) is 9.98. The molecule has 3 aromatic carbocycles. The van der Waals surface area contributed by atoms with Gasteiger partial charge >= 0.3 is 5.97 Å². The van der Waals surface area contributed by atoms with Gasteiger partial charge in [0.2, 0.25) is 11.2 Å². The Balaban J connectivity index is 1.61. The standard InChI is InChI=1S/C25H19ClO5/c1-14-5-4-6-17(9-14)25(28)31-18-7-8-20-21(12-18)29-13-22(24(20)27)30-19-10-15(2)23(26)16(3)11-19/h4-13H,1-3H3.